The molecule has 0 aliphatic rings. The minimum Gasteiger partial charge on any atom is -0.457 e. The summed E-state index contributed by atoms with van der Waals surface area (Å²) in [4.78, 5) is 23.4. The number of aromatic nitrogens is 3. The molecule has 0 unspecified atom stereocenters. The molecule has 2 aromatic heterocycles. The molecule has 2 heterocycles. The molecule has 0 radical (unpaired) electrons. The predicted molar refractivity (Wildman–Crippen MR) is 120 cm³/mol. The number of halogens is 1. The van der Waals surface area contributed by atoms with Crippen LogP contribution in [0.25, 0.3) is 0 Å². The normalized spacial score (nSPS) is 10.4. The highest BCUT2D eigenvalue weighted by molar-refractivity contribution is 9.10. The minimum absolute atomic E-state index is 0.0290. The average molecular weight is 479 g/mol. The first-order chi connectivity index (χ1) is 15.1. The van der Waals surface area contributed by atoms with Crippen molar-refractivity contribution in [3.63, 3.8) is 0 Å². The summed E-state index contributed by atoms with van der Waals surface area (Å²) in [6.07, 6.45) is 2.82. The van der Waals surface area contributed by atoms with Crippen LogP contribution in [0.1, 0.15) is 0 Å². The van der Waals surface area contributed by atoms with Crippen LogP contribution >= 0.6 is 15.9 Å². The van der Waals surface area contributed by atoms with E-state index in [9.17, 15) is 10.1 Å². The molecule has 2 aromatic carbocycles. The van der Waals surface area contributed by atoms with Gasteiger partial charge in [-0.05, 0) is 64.5 Å². The molecule has 154 valence electrons. The SMILES string of the molecule is O=[N+]([O-])c1c(Nc2ccc(Oc3ccccc3)cc2)ncnc1Nc1ccc(Br)cn1. The number of ether oxygens (including phenoxy) is 1. The largest absolute Gasteiger partial charge is 0.457 e. The van der Waals surface area contributed by atoms with Gasteiger partial charge in [0.1, 0.15) is 23.6 Å². The van der Waals surface area contributed by atoms with Gasteiger partial charge in [-0.15, -0.1) is 0 Å². The summed E-state index contributed by atoms with van der Waals surface area (Å²) >= 11 is 3.30. The van der Waals surface area contributed by atoms with Crippen LogP contribution in [-0.2, 0) is 0 Å². The van der Waals surface area contributed by atoms with Crippen LogP contribution in [0, 0.1) is 10.1 Å². The number of benzene rings is 2. The summed E-state index contributed by atoms with van der Waals surface area (Å²) < 4.78 is 6.55. The molecule has 0 saturated heterocycles. The standard InChI is InChI=1S/C21H15BrN6O3/c22-14-6-11-18(23-12-14)27-21-19(28(29)30)20(24-13-25-21)26-15-7-9-17(10-8-15)31-16-4-2-1-3-5-16/h1-13H,(H2,23,24,25,26,27). The lowest BCUT2D eigenvalue weighted by molar-refractivity contribution is -0.383. The van der Waals surface area contributed by atoms with Crippen molar-refractivity contribution in [3.05, 3.63) is 93.8 Å². The molecule has 0 aliphatic heterocycles. The van der Waals surface area contributed by atoms with Crippen LogP contribution in [0.2, 0.25) is 0 Å². The number of nitrogens with zero attached hydrogens (tertiary/aromatic N) is 4. The summed E-state index contributed by atoms with van der Waals surface area (Å²) in [6, 6.07) is 19.8. The third-order valence-corrected chi connectivity index (χ3v) is 4.54. The Labute approximate surface area is 185 Å². The zero-order chi connectivity index (χ0) is 21.6. The Morgan fingerprint density at radius 3 is 2.16 bits per heavy atom. The Bertz CT molecular complexity index is 1190. The van der Waals surface area contributed by atoms with E-state index in [1.807, 2.05) is 30.3 Å². The fourth-order valence-corrected chi connectivity index (χ4v) is 2.91. The number of para-hydroxylation sites is 1. The second kappa shape index (κ2) is 9.18. The molecule has 10 heteroatoms. The molecule has 4 aromatic rings. The third kappa shape index (κ3) is 5.11. The van der Waals surface area contributed by atoms with Gasteiger partial charge >= 0.3 is 5.69 Å². The summed E-state index contributed by atoms with van der Waals surface area (Å²) in [5.41, 5.74) is 0.312. The summed E-state index contributed by atoms with van der Waals surface area (Å²) in [6.45, 7) is 0. The highest BCUT2D eigenvalue weighted by Gasteiger charge is 2.23. The smallest absolute Gasteiger partial charge is 0.353 e. The molecule has 0 atom stereocenters. The molecule has 4 rings (SSSR count). The number of pyridine rings is 1. The maximum absolute atomic E-state index is 11.7. The molecule has 0 amide bonds. The Morgan fingerprint density at radius 1 is 0.839 bits per heavy atom. The van der Waals surface area contributed by atoms with Gasteiger partial charge in [-0.3, -0.25) is 10.1 Å². The minimum atomic E-state index is -0.545. The first-order valence-corrected chi connectivity index (χ1v) is 9.86. The molecule has 0 bridgehead atoms. The molecule has 0 aliphatic carbocycles. The van der Waals surface area contributed by atoms with E-state index < -0.39 is 4.92 Å². The van der Waals surface area contributed by atoms with Gasteiger partial charge in [0.25, 0.3) is 0 Å². The van der Waals surface area contributed by atoms with Crippen LogP contribution in [0.5, 0.6) is 11.5 Å². The van der Waals surface area contributed by atoms with Crippen molar-refractivity contribution in [2.24, 2.45) is 0 Å². The van der Waals surface area contributed by atoms with Crippen LogP contribution < -0.4 is 15.4 Å². The van der Waals surface area contributed by atoms with Crippen LogP contribution in [0.15, 0.2) is 83.7 Å². The van der Waals surface area contributed by atoms with Crippen molar-refractivity contribution >= 4 is 44.8 Å². The summed E-state index contributed by atoms with van der Waals surface area (Å²) in [5, 5.41) is 17.6. The Balaban J connectivity index is 1.55. The average Bonchev–Trinajstić information content (AvgIpc) is 2.77. The van der Waals surface area contributed by atoms with Crippen molar-refractivity contribution in [1.29, 1.82) is 0 Å². The summed E-state index contributed by atoms with van der Waals surface area (Å²) in [5.74, 6) is 1.85. The summed E-state index contributed by atoms with van der Waals surface area (Å²) in [7, 11) is 0. The van der Waals surface area contributed by atoms with E-state index in [4.69, 9.17) is 4.74 Å². The second-order valence-corrected chi connectivity index (χ2v) is 7.14. The molecule has 9 nitrogen and oxygen atoms in total. The maximum atomic E-state index is 11.7. The lowest BCUT2D eigenvalue weighted by Gasteiger charge is -2.10. The third-order valence-electron chi connectivity index (χ3n) is 4.07. The number of anilines is 4. The van der Waals surface area contributed by atoms with Crippen molar-refractivity contribution in [2.45, 2.75) is 0 Å². The fraction of sp³-hybridized carbons (Fsp3) is 0. The van der Waals surface area contributed by atoms with E-state index in [0.717, 1.165) is 4.47 Å². The highest BCUT2D eigenvalue weighted by Crippen LogP contribution is 2.33. The molecule has 0 spiro atoms. The first kappa shape index (κ1) is 20.2. The molecule has 0 saturated carbocycles. The van der Waals surface area contributed by atoms with Crippen LogP contribution in [-0.4, -0.2) is 19.9 Å². The Kier molecular flexibility index (Phi) is 5.99. The number of rotatable bonds is 7. The quantitative estimate of drug-likeness (QED) is 0.252. The zero-order valence-corrected chi connectivity index (χ0v) is 17.5. The van der Waals surface area contributed by atoms with E-state index in [1.54, 1.807) is 42.6 Å². The lowest BCUT2D eigenvalue weighted by atomic mass is 10.3. The van der Waals surface area contributed by atoms with E-state index in [2.05, 4.69) is 41.5 Å². The topological polar surface area (TPSA) is 115 Å². The zero-order valence-electron chi connectivity index (χ0n) is 15.9. The van der Waals surface area contributed by atoms with Gasteiger partial charge in [0.2, 0.25) is 11.6 Å². The van der Waals surface area contributed by atoms with Crippen LogP contribution in [0.4, 0.5) is 28.8 Å². The van der Waals surface area contributed by atoms with E-state index in [-0.39, 0.29) is 17.3 Å². The first-order valence-electron chi connectivity index (χ1n) is 9.06. The number of hydrogen-bond acceptors (Lipinski definition) is 8. The number of hydrogen-bond donors (Lipinski definition) is 2. The van der Waals surface area contributed by atoms with Gasteiger partial charge in [-0.25, -0.2) is 15.0 Å². The highest BCUT2D eigenvalue weighted by atomic mass is 79.9. The number of nitro groups is 1. The van der Waals surface area contributed by atoms with Crippen molar-refractivity contribution in [2.75, 3.05) is 10.6 Å². The fourth-order valence-electron chi connectivity index (χ4n) is 2.67. The Hall–Kier alpha value is -4.05. The monoisotopic (exact) mass is 478 g/mol. The van der Waals surface area contributed by atoms with Gasteiger partial charge in [-0.1, -0.05) is 18.2 Å². The van der Waals surface area contributed by atoms with Gasteiger partial charge in [0.15, 0.2) is 0 Å². The molecule has 2 N–H and O–H groups in total. The van der Waals surface area contributed by atoms with E-state index >= 15 is 0 Å². The van der Waals surface area contributed by atoms with Gasteiger partial charge in [0, 0.05) is 16.4 Å². The molecule has 31 heavy (non-hydrogen) atoms. The van der Waals surface area contributed by atoms with Gasteiger partial charge < -0.3 is 15.4 Å². The molecular weight excluding hydrogens is 464 g/mol. The molecular formula is C21H15BrN6O3. The maximum Gasteiger partial charge on any atom is 0.353 e. The predicted octanol–water partition coefficient (Wildman–Crippen LogP) is 5.82. The lowest BCUT2D eigenvalue weighted by Crippen LogP contribution is -2.06. The van der Waals surface area contributed by atoms with Gasteiger partial charge in [0.05, 0.1) is 4.92 Å². The Morgan fingerprint density at radius 2 is 1.52 bits per heavy atom. The van der Waals surface area contributed by atoms with Crippen LogP contribution in [0.3, 0.4) is 0 Å². The second-order valence-electron chi connectivity index (χ2n) is 6.23. The van der Waals surface area contributed by atoms with E-state index in [0.29, 0.717) is 23.0 Å². The number of nitrogens with one attached hydrogen (secondary N) is 2. The van der Waals surface area contributed by atoms with Gasteiger partial charge in [-0.2, -0.15) is 0 Å². The van der Waals surface area contributed by atoms with Crippen molar-refractivity contribution < 1.29 is 9.66 Å². The van der Waals surface area contributed by atoms with E-state index in [1.165, 1.54) is 6.33 Å². The van der Waals surface area contributed by atoms with Crippen molar-refractivity contribution in [3.8, 4) is 11.5 Å². The van der Waals surface area contributed by atoms with Crippen molar-refractivity contribution in [1.82, 2.24) is 15.0 Å². The molecule has 0 fully saturated rings.